The molecule has 2 heterocycles. The van der Waals surface area contributed by atoms with Gasteiger partial charge in [-0.05, 0) is 23.3 Å². The van der Waals surface area contributed by atoms with Gasteiger partial charge in [-0.2, -0.15) is 13.2 Å². The number of nitrogens with two attached hydrogens (primary N) is 1. The van der Waals surface area contributed by atoms with Crippen LogP contribution in [0.25, 0.3) is 0 Å². The summed E-state index contributed by atoms with van der Waals surface area (Å²) in [6.45, 7) is 1.69. The van der Waals surface area contributed by atoms with Gasteiger partial charge in [-0.1, -0.05) is 23.7 Å². The van der Waals surface area contributed by atoms with Crippen LogP contribution in [0, 0.1) is 6.61 Å². The number of carbonyl (C=O) groups is 3. The van der Waals surface area contributed by atoms with E-state index in [-0.39, 0.29) is 25.0 Å². The number of likely N-dealkylation sites (N-methyl/N-ethyl adjacent to an activating group) is 1. The van der Waals surface area contributed by atoms with Gasteiger partial charge in [0.2, 0.25) is 5.91 Å². The largest absolute Gasteiger partial charge is 0.582 e. The number of carboxylic acid groups (broad SMARTS) is 1. The lowest BCUT2D eigenvalue weighted by molar-refractivity contribution is -0.924. The van der Waals surface area contributed by atoms with Crippen molar-refractivity contribution in [3.8, 4) is 0 Å². The molecule has 3 rings (SSSR count). The molecule has 37 heavy (non-hydrogen) atoms. The molecule has 8 nitrogen and oxygen atoms in total. The number of fused-ring (bicyclic) bond motifs is 1. The van der Waals surface area contributed by atoms with Crippen molar-refractivity contribution >= 4 is 40.6 Å². The van der Waals surface area contributed by atoms with Crippen LogP contribution < -0.4 is 11.0 Å². The first-order valence-electron chi connectivity index (χ1n) is 11.2. The molecule has 1 aromatic carbocycles. The number of Topliss-reactive ketones (excluding diaryl/α,β-unsaturated/α-hetero) is 1. The second-order valence-electron chi connectivity index (χ2n) is 8.93. The van der Waals surface area contributed by atoms with Gasteiger partial charge in [0.05, 0.1) is 43.6 Å². The number of hydrogen-bond acceptors (Lipinski definition) is 5. The van der Waals surface area contributed by atoms with Crippen LogP contribution in [0.2, 0.25) is 5.02 Å². The SMILES string of the molecule is C[N+]1(CCCC(=O)O)CCc2c(sc(CC(=O)Cc3ccc(Cl)cc3)c2C(N)=O)C1.[O-][OH+][CH-]C(F)(F)F. The average molecular weight is 565 g/mol. The van der Waals surface area contributed by atoms with Crippen LogP contribution in [0.3, 0.4) is 0 Å². The first-order valence-corrected chi connectivity index (χ1v) is 12.4. The van der Waals surface area contributed by atoms with Crippen molar-refractivity contribution in [1.82, 2.24) is 0 Å². The van der Waals surface area contributed by atoms with Crippen molar-refractivity contribution in [3.63, 3.8) is 0 Å². The summed E-state index contributed by atoms with van der Waals surface area (Å²) < 4.78 is 32.9. The highest BCUT2D eigenvalue weighted by molar-refractivity contribution is 7.12. The molecule has 0 aliphatic carbocycles. The Morgan fingerprint density at radius 3 is 2.41 bits per heavy atom. The first kappa shape index (κ1) is 30.7. The Balaban J connectivity index is 0.000000604. The number of quaternary nitrogens is 1. The maximum Gasteiger partial charge on any atom is 0.336 e. The zero-order valence-corrected chi connectivity index (χ0v) is 21.6. The predicted octanol–water partition coefficient (Wildman–Crippen LogP) is 3.30. The molecule has 1 aromatic heterocycles. The lowest BCUT2D eigenvalue weighted by atomic mass is 9.97. The van der Waals surface area contributed by atoms with Crippen molar-refractivity contribution in [2.24, 2.45) is 5.73 Å². The van der Waals surface area contributed by atoms with E-state index in [0.29, 0.717) is 23.4 Å². The summed E-state index contributed by atoms with van der Waals surface area (Å²) in [5.41, 5.74) is 8.04. The summed E-state index contributed by atoms with van der Waals surface area (Å²) in [5, 5.41) is 18.3. The Hall–Kier alpha value is -2.51. The Labute approximate surface area is 220 Å². The van der Waals surface area contributed by atoms with Gasteiger partial charge in [-0.15, -0.1) is 11.3 Å². The van der Waals surface area contributed by atoms with E-state index in [0.717, 1.165) is 45.0 Å². The van der Waals surface area contributed by atoms with Gasteiger partial charge < -0.3 is 25.5 Å². The van der Waals surface area contributed by atoms with E-state index in [1.54, 1.807) is 12.1 Å². The number of halogens is 4. The van der Waals surface area contributed by atoms with E-state index in [1.807, 2.05) is 12.1 Å². The van der Waals surface area contributed by atoms with Gasteiger partial charge in [0.25, 0.3) is 0 Å². The molecule has 1 amide bonds. The number of nitrogens with zero attached hydrogens (tertiary/aromatic N) is 1. The standard InChI is InChI=1S/C22H25ClN2O4S.C2H2F3O2/c1-25(9-2-3-20(27)28)10-8-17-19(13-25)30-18(21(17)22(24)29)12-16(26)11-14-4-6-15(23)7-5-14;3-2(4,5)1-7-6/h4-7H,2-3,8-13H2,1H3,(H2-,24,27,28,29);1,7H/q;-1/p+1. The molecule has 0 saturated carbocycles. The number of benzene rings is 1. The Bertz CT molecular complexity index is 1110. The molecule has 13 heteroatoms. The molecule has 4 N–H and O–H groups in total. The van der Waals surface area contributed by atoms with Crippen LogP contribution in [0.1, 0.15) is 44.1 Å². The van der Waals surface area contributed by atoms with Gasteiger partial charge in [0, 0.05) is 35.6 Å². The molecule has 1 aliphatic heterocycles. The average Bonchev–Trinajstić information content (AvgIpc) is 3.11. The number of rotatable bonds is 10. The molecule has 0 radical (unpaired) electrons. The van der Waals surface area contributed by atoms with Crippen LogP contribution in [-0.2, 0) is 35.4 Å². The monoisotopic (exact) mass is 564 g/mol. The topological polar surface area (TPSA) is 133 Å². The van der Waals surface area contributed by atoms with Gasteiger partial charge >= 0.3 is 12.1 Å². The lowest BCUT2D eigenvalue weighted by Crippen LogP contribution is -2.48. The second kappa shape index (κ2) is 13.3. The highest BCUT2D eigenvalue weighted by Gasteiger charge is 2.34. The van der Waals surface area contributed by atoms with Crippen molar-refractivity contribution in [2.75, 3.05) is 20.1 Å². The van der Waals surface area contributed by atoms with E-state index < -0.39 is 24.7 Å². The highest BCUT2D eigenvalue weighted by atomic mass is 35.5. The molecule has 1 atom stereocenters. The van der Waals surface area contributed by atoms with Crippen LogP contribution >= 0.6 is 22.9 Å². The highest BCUT2D eigenvalue weighted by Crippen LogP contribution is 2.36. The first-order chi connectivity index (χ1) is 17.2. The van der Waals surface area contributed by atoms with E-state index in [2.05, 4.69) is 7.05 Å². The molecule has 0 fully saturated rings. The summed E-state index contributed by atoms with van der Waals surface area (Å²) in [6, 6.07) is 7.17. The molecule has 0 bridgehead atoms. The number of carbonyl (C=O) groups excluding carboxylic acids is 2. The molecule has 204 valence electrons. The number of ketones is 1. The number of hydrogen-bond donors (Lipinski definition) is 2. The van der Waals surface area contributed by atoms with E-state index in [1.165, 1.54) is 16.2 Å². The number of amides is 1. The smallest absolute Gasteiger partial charge is 0.336 e. The predicted molar refractivity (Wildman–Crippen MR) is 130 cm³/mol. The normalized spacial score (nSPS) is 16.9. The fraction of sp³-hybridized carbons (Fsp3) is 0.417. The van der Waals surface area contributed by atoms with Gasteiger partial charge in [-0.25, -0.2) is 0 Å². The fourth-order valence-electron chi connectivity index (χ4n) is 4.11. The Kier molecular flexibility index (Phi) is 11.1. The molecule has 2 aromatic rings. The zero-order valence-electron chi connectivity index (χ0n) is 20.0. The molecule has 1 aliphatic rings. The summed E-state index contributed by atoms with van der Waals surface area (Å²) in [7, 11) is 2.11. The van der Waals surface area contributed by atoms with E-state index in [9.17, 15) is 27.6 Å². The third-order valence-corrected chi connectivity index (χ3v) is 7.27. The third kappa shape index (κ3) is 10.0. The molecule has 0 spiro atoms. The minimum Gasteiger partial charge on any atom is -0.582 e. The minimum absolute atomic E-state index is 0.0251. The van der Waals surface area contributed by atoms with Crippen molar-refractivity contribution in [2.45, 2.75) is 44.8 Å². The minimum atomic E-state index is -4.55. The van der Waals surface area contributed by atoms with Crippen molar-refractivity contribution < 1.29 is 47.3 Å². The number of aliphatic carboxylic acids is 1. The van der Waals surface area contributed by atoms with Crippen LogP contribution in [0.5, 0.6) is 0 Å². The third-order valence-electron chi connectivity index (χ3n) is 5.80. The number of alkyl halides is 3. The Morgan fingerprint density at radius 1 is 1.24 bits per heavy atom. The number of carboxylic acids is 1. The van der Waals surface area contributed by atoms with Crippen molar-refractivity contribution in [1.29, 1.82) is 0 Å². The number of aliphatic hydroxyl groups is 1. The quantitative estimate of drug-likeness (QED) is 0.150. The van der Waals surface area contributed by atoms with E-state index >= 15 is 0 Å². The maximum absolute atomic E-state index is 12.6. The van der Waals surface area contributed by atoms with Crippen LogP contribution in [0.15, 0.2) is 24.3 Å². The van der Waals surface area contributed by atoms with Gasteiger partial charge in [-0.3, -0.25) is 14.4 Å². The Morgan fingerprint density at radius 2 is 1.89 bits per heavy atom. The van der Waals surface area contributed by atoms with Gasteiger partial charge in [0.15, 0.2) is 0 Å². The summed E-state index contributed by atoms with van der Waals surface area (Å²) in [4.78, 5) is 39.0. The van der Waals surface area contributed by atoms with Crippen LogP contribution in [0.4, 0.5) is 13.2 Å². The fourth-order valence-corrected chi connectivity index (χ4v) is 5.80. The molecule has 0 saturated heterocycles. The lowest BCUT2D eigenvalue weighted by Gasteiger charge is -2.37. The summed E-state index contributed by atoms with van der Waals surface area (Å²) in [5.74, 6) is -1.24. The molecular formula is C24H28ClF3N2O6S. The molecule has 1 unspecified atom stereocenters. The molecular weight excluding hydrogens is 537 g/mol. The van der Waals surface area contributed by atoms with Gasteiger partial charge in [0.1, 0.15) is 12.3 Å². The summed E-state index contributed by atoms with van der Waals surface area (Å²) >= 11 is 7.40. The number of primary amides is 1. The summed E-state index contributed by atoms with van der Waals surface area (Å²) in [6.07, 6.45) is -2.62. The maximum atomic E-state index is 12.6. The van der Waals surface area contributed by atoms with Crippen LogP contribution in [-0.4, -0.2) is 58.5 Å². The van der Waals surface area contributed by atoms with E-state index in [4.69, 9.17) is 27.7 Å². The van der Waals surface area contributed by atoms with Crippen molar-refractivity contribution in [3.05, 3.63) is 62.3 Å². The number of thiophene rings is 1. The second-order valence-corrected chi connectivity index (χ2v) is 10.6. The zero-order chi connectivity index (χ0) is 27.8.